The predicted molar refractivity (Wildman–Crippen MR) is 69.7 cm³/mol. The molecular formula is C12H25ClN2O. The van der Waals surface area contributed by atoms with Gasteiger partial charge in [-0.25, -0.2) is 0 Å². The molecule has 1 rings (SSSR count). The molecule has 0 saturated heterocycles. The molecule has 0 heterocycles. The van der Waals surface area contributed by atoms with Gasteiger partial charge in [0.2, 0.25) is 5.91 Å². The van der Waals surface area contributed by atoms with Crippen LogP contribution in [0.25, 0.3) is 0 Å². The third-order valence-electron chi connectivity index (χ3n) is 3.17. The van der Waals surface area contributed by atoms with Crippen molar-refractivity contribution in [3.63, 3.8) is 0 Å². The van der Waals surface area contributed by atoms with Gasteiger partial charge in [0, 0.05) is 13.6 Å². The number of nitrogens with zero attached hydrogens (tertiary/aromatic N) is 1. The maximum Gasteiger partial charge on any atom is 0.242 e. The van der Waals surface area contributed by atoms with Gasteiger partial charge >= 0.3 is 0 Å². The molecule has 2 N–H and O–H groups in total. The highest BCUT2D eigenvalue weighted by molar-refractivity contribution is 5.85. The van der Waals surface area contributed by atoms with Crippen LogP contribution in [-0.2, 0) is 4.79 Å². The van der Waals surface area contributed by atoms with E-state index in [1.54, 1.807) is 4.90 Å². The van der Waals surface area contributed by atoms with Crippen LogP contribution in [0.3, 0.4) is 0 Å². The van der Waals surface area contributed by atoms with Crippen molar-refractivity contribution in [1.82, 2.24) is 4.90 Å². The molecule has 0 bridgehead atoms. The summed E-state index contributed by atoms with van der Waals surface area (Å²) in [4.78, 5) is 13.8. The molecule has 1 atom stereocenters. The second kappa shape index (κ2) is 6.45. The predicted octanol–water partition coefficient (Wildman–Crippen LogP) is 2.18. The van der Waals surface area contributed by atoms with E-state index >= 15 is 0 Å². The largest absolute Gasteiger partial charge is 0.344 e. The van der Waals surface area contributed by atoms with E-state index in [9.17, 15) is 4.79 Å². The monoisotopic (exact) mass is 248 g/mol. The minimum atomic E-state index is -0.674. The van der Waals surface area contributed by atoms with Crippen LogP contribution >= 0.6 is 12.4 Å². The second-order valence-electron chi connectivity index (χ2n) is 5.13. The Bertz CT molecular complexity index is 227. The Balaban J connectivity index is 0.00000225. The molecule has 0 aliphatic heterocycles. The molecule has 1 saturated carbocycles. The van der Waals surface area contributed by atoms with E-state index in [0.29, 0.717) is 0 Å². The molecule has 1 aliphatic rings. The molecule has 1 aliphatic carbocycles. The molecule has 0 radical (unpaired) electrons. The maximum atomic E-state index is 12.0. The van der Waals surface area contributed by atoms with E-state index in [4.69, 9.17) is 5.73 Å². The lowest BCUT2D eigenvalue weighted by Gasteiger charge is -2.29. The SMILES string of the molecule is CCCC(C)(N)C(=O)N(C)CCC1CC1.Cl. The van der Waals surface area contributed by atoms with Gasteiger partial charge in [0.1, 0.15) is 0 Å². The fourth-order valence-corrected chi connectivity index (χ4v) is 1.95. The molecule has 1 fully saturated rings. The summed E-state index contributed by atoms with van der Waals surface area (Å²) in [5, 5.41) is 0. The Hall–Kier alpha value is -0.280. The third-order valence-corrected chi connectivity index (χ3v) is 3.17. The molecule has 4 heteroatoms. The summed E-state index contributed by atoms with van der Waals surface area (Å²) in [6.45, 7) is 4.76. The summed E-state index contributed by atoms with van der Waals surface area (Å²) in [5.41, 5.74) is 5.33. The first-order valence-corrected chi connectivity index (χ1v) is 6.02. The molecule has 0 aromatic rings. The van der Waals surface area contributed by atoms with Gasteiger partial charge in [0.15, 0.2) is 0 Å². The summed E-state index contributed by atoms with van der Waals surface area (Å²) < 4.78 is 0. The standard InChI is InChI=1S/C12H24N2O.ClH/c1-4-8-12(2,13)11(15)14(3)9-7-10-5-6-10;/h10H,4-9,13H2,1-3H3;1H. The van der Waals surface area contributed by atoms with E-state index in [-0.39, 0.29) is 18.3 Å². The molecule has 0 aromatic carbocycles. The topological polar surface area (TPSA) is 46.3 Å². The Labute approximate surface area is 105 Å². The Morgan fingerprint density at radius 2 is 2.06 bits per heavy atom. The fraction of sp³-hybridized carbons (Fsp3) is 0.917. The summed E-state index contributed by atoms with van der Waals surface area (Å²) >= 11 is 0. The smallest absolute Gasteiger partial charge is 0.242 e. The summed E-state index contributed by atoms with van der Waals surface area (Å²) in [7, 11) is 1.87. The lowest BCUT2D eigenvalue weighted by molar-refractivity contribution is -0.135. The number of nitrogens with two attached hydrogens (primary N) is 1. The van der Waals surface area contributed by atoms with Crippen LogP contribution in [0.1, 0.15) is 46.0 Å². The van der Waals surface area contributed by atoms with Crippen LogP contribution in [0.2, 0.25) is 0 Å². The van der Waals surface area contributed by atoms with Gasteiger partial charge in [-0.1, -0.05) is 26.2 Å². The minimum Gasteiger partial charge on any atom is -0.344 e. The van der Waals surface area contributed by atoms with Crippen molar-refractivity contribution in [3.05, 3.63) is 0 Å². The number of carbonyl (C=O) groups is 1. The van der Waals surface area contributed by atoms with Gasteiger partial charge in [-0.3, -0.25) is 4.79 Å². The van der Waals surface area contributed by atoms with Crippen molar-refractivity contribution in [3.8, 4) is 0 Å². The molecule has 16 heavy (non-hydrogen) atoms. The first kappa shape index (κ1) is 15.7. The van der Waals surface area contributed by atoms with Gasteiger partial charge in [0.05, 0.1) is 5.54 Å². The highest BCUT2D eigenvalue weighted by atomic mass is 35.5. The van der Waals surface area contributed by atoms with E-state index in [0.717, 1.165) is 31.7 Å². The Morgan fingerprint density at radius 1 is 1.50 bits per heavy atom. The van der Waals surface area contributed by atoms with Crippen LogP contribution in [0.15, 0.2) is 0 Å². The number of hydrogen-bond donors (Lipinski definition) is 1. The normalized spacial score (nSPS) is 18.5. The highest BCUT2D eigenvalue weighted by Crippen LogP contribution is 2.32. The van der Waals surface area contributed by atoms with Crippen molar-refractivity contribution < 1.29 is 4.79 Å². The van der Waals surface area contributed by atoms with Crippen molar-refractivity contribution >= 4 is 18.3 Å². The maximum absolute atomic E-state index is 12.0. The van der Waals surface area contributed by atoms with Crippen LogP contribution in [-0.4, -0.2) is 29.9 Å². The van der Waals surface area contributed by atoms with Gasteiger partial charge in [-0.05, 0) is 25.7 Å². The second-order valence-corrected chi connectivity index (χ2v) is 5.13. The lowest BCUT2D eigenvalue weighted by Crippen LogP contribution is -2.52. The van der Waals surface area contributed by atoms with Crippen LogP contribution < -0.4 is 5.73 Å². The van der Waals surface area contributed by atoms with E-state index in [1.165, 1.54) is 12.8 Å². The number of hydrogen-bond acceptors (Lipinski definition) is 2. The zero-order valence-corrected chi connectivity index (χ0v) is 11.5. The van der Waals surface area contributed by atoms with E-state index in [2.05, 4.69) is 6.92 Å². The van der Waals surface area contributed by atoms with Gasteiger partial charge in [0.25, 0.3) is 0 Å². The third kappa shape index (κ3) is 4.71. The number of carbonyl (C=O) groups excluding carboxylic acids is 1. The van der Waals surface area contributed by atoms with E-state index in [1.807, 2.05) is 14.0 Å². The molecule has 96 valence electrons. The van der Waals surface area contributed by atoms with Crippen molar-refractivity contribution in [2.45, 2.75) is 51.5 Å². The number of amides is 1. The first-order valence-electron chi connectivity index (χ1n) is 6.02. The Kier molecular flexibility index (Phi) is 6.34. The van der Waals surface area contributed by atoms with Crippen molar-refractivity contribution in [1.29, 1.82) is 0 Å². The van der Waals surface area contributed by atoms with E-state index < -0.39 is 5.54 Å². The molecule has 0 spiro atoms. The van der Waals surface area contributed by atoms with Crippen LogP contribution in [0, 0.1) is 5.92 Å². The number of rotatable bonds is 6. The van der Waals surface area contributed by atoms with Gasteiger partial charge in [-0.2, -0.15) is 0 Å². The fourth-order valence-electron chi connectivity index (χ4n) is 1.95. The zero-order chi connectivity index (χ0) is 11.5. The minimum absolute atomic E-state index is 0. The highest BCUT2D eigenvalue weighted by Gasteiger charge is 2.31. The Morgan fingerprint density at radius 3 is 2.50 bits per heavy atom. The average molecular weight is 249 g/mol. The van der Waals surface area contributed by atoms with Gasteiger partial charge < -0.3 is 10.6 Å². The number of halogens is 1. The van der Waals surface area contributed by atoms with Gasteiger partial charge in [-0.15, -0.1) is 12.4 Å². The quantitative estimate of drug-likeness (QED) is 0.783. The van der Waals surface area contributed by atoms with Crippen molar-refractivity contribution in [2.75, 3.05) is 13.6 Å². The average Bonchev–Trinajstić information content (AvgIpc) is 2.96. The van der Waals surface area contributed by atoms with Crippen molar-refractivity contribution in [2.24, 2.45) is 11.7 Å². The molecule has 1 amide bonds. The lowest BCUT2D eigenvalue weighted by atomic mass is 9.96. The molecular weight excluding hydrogens is 224 g/mol. The first-order chi connectivity index (χ1) is 6.97. The summed E-state index contributed by atoms with van der Waals surface area (Å²) in [6, 6.07) is 0. The number of likely N-dealkylation sites (N-methyl/N-ethyl adjacent to an activating group) is 1. The molecule has 3 nitrogen and oxygen atoms in total. The van der Waals surface area contributed by atoms with Crippen LogP contribution in [0.5, 0.6) is 0 Å². The molecule has 0 aromatic heterocycles. The summed E-state index contributed by atoms with van der Waals surface area (Å²) in [6.07, 6.45) is 5.55. The molecule has 1 unspecified atom stereocenters. The summed E-state index contributed by atoms with van der Waals surface area (Å²) in [5.74, 6) is 0.959. The van der Waals surface area contributed by atoms with Crippen LogP contribution in [0.4, 0.5) is 0 Å². The zero-order valence-electron chi connectivity index (χ0n) is 10.7.